The topological polar surface area (TPSA) is 63.4 Å². The minimum atomic E-state index is -2.98. The van der Waals surface area contributed by atoms with Gasteiger partial charge in [-0.3, -0.25) is 0 Å². The molecule has 4 nitrogen and oxygen atoms in total. The van der Waals surface area contributed by atoms with Crippen LogP contribution in [0.3, 0.4) is 0 Å². The summed E-state index contributed by atoms with van der Waals surface area (Å²) < 4.78 is 37.1. The van der Waals surface area contributed by atoms with Gasteiger partial charge in [-0.05, 0) is 31.5 Å². The summed E-state index contributed by atoms with van der Waals surface area (Å²) >= 11 is 0. The van der Waals surface area contributed by atoms with Crippen molar-refractivity contribution in [1.82, 2.24) is 0 Å². The third kappa shape index (κ3) is 3.45. The summed E-state index contributed by atoms with van der Waals surface area (Å²) in [5.74, 6) is -0.0271. The Labute approximate surface area is 113 Å². The molecule has 1 aromatic rings. The summed E-state index contributed by atoms with van der Waals surface area (Å²) in [5.41, 5.74) is 5.98. The van der Waals surface area contributed by atoms with Crippen molar-refractivity contribution in [2.24, 2.45) is 5.73 Å². The van der Waals surface area contributed by atoms with Crippen LogP contribution in [0.4, 0.5) is 10.1 Å². The molecule has 0 radical (unpaired) electrons. The third-order valence-electron chi connectivity index (χ3n) is 3.41. The first-order valence-electron chi connectivity index (χ1n) is 6.45. The zero-order chi connectivity index (χ0) is 13.9. The summed E-state index contributed by atoms with van der Waals surface area (Å²) in [6.45, 7) is 1.09. The molecule has 1 unspecified atom stereocenters. The molecule has 1 saturated heterocycles. The first-order chi connectivity index (χ1) is 9.03. The molecule has 2 N–H and O–H groups in total. The lowest BCUT2D eigenvalue weighted by atomic mass is 10.1. The quantitative estimate of drug-likeness (QED) is 0.882. The summed E-state index contributed by atoms with van der Waals surface area (Å²) in [4.78, 5) is 1.85. The van der Waals surface area contributed by atoms with Crippen molar-refractivity contribution in [2.45, 2.75) is 18.9 Å². The highest BCUT2D eigenvalue weighted by molar-refractivity contribution is 7.91. The van der Waals surface area contributed by atoms with Crippen LogP contribution in [0.15, 0.2) is 24.3 Å². The van der Waals surface area contributed by atoms with Crippen molar-refractivity contribution in [3.63, 3.8) is 0 Å². The smallest absolute Gasteiger partial charge is 0.152 e. The van der Waals surface area contributed by atoms with E-state index in [9.17, 15) is 12.8 Å². The van der Waals surface area contributed by atoms with Crippen LogP contribution in [0.1, 0.15) is 12.8 Å². The number of benzene rings is 1. The van der Waals surface area contributed by atoms with E-state index in [1.54, 1.807) is 18.2 Å². The lowest BCUT2D eigenvalue weighted by molar-refractivity contribution is 0.577. The molecule has 1 aliphatic rings. The van der Waals surface area contributed by atoms with Gasteiger partial charge in [0.1, 0.15) is 5.82 Å². The Balaban J connectivity index is 2.24. The van der Waals surface area contributed by atoms with Gasteiger partial charge in [0.05, 0.1) is 17.2 Å². The molecule has 0 amide bonds. The molecule has 0 aliphatic carbocycles. The highest BCUT2D eigenvalue weighted by Crippen LogP contribution is 2.26. The fourth-order valence-corrected chi connectivity index (χ4v) is 4.20. The molecule has 0 spiro atoms. The van der Waals surface area contributed by atoms with Crippen LogP contribution in [0, 0.1) is 5.82 Å². The van der Waals surface area contributed by atoms with E-state index in [2.05, 4.69) is 0 Å². The average molecular weight is 286 g/mol. The standard InChI is InChI=1S/C13H19FN2O2S/c14-12-4-1-2-5-13(12)16(8-3-7-15)11-6-9-19(17,18)10-11/h1-2,4-5,11H,3,6-10,15H2. The zero-order valence-electron chi connectivity index (χ0n) is 10.8. The number of nitrogens with zero attached hydrogens (tertiary/aromatic N) is 1. The largest absolute Gasteiger partial charge is 0.365 e. The lowest BCUT2D eigenvalue weighted by Crippen LogP contribution is -2.38. The van der Waals surface area contributed by atoms with Crippen molar-refractivity contribution in [2.75, 3.05) is 29.5 Å². The summed E-state index contributed by atoms with van der Waals surface area (Å²) in [6.07, 6.45) is 1.27. The number of hydrogen-bond acceptors (Lipinski definition) is 4. The Morgan fingerprint density at radius 1 is 1.37 bits per heavy atom. The van der Waals surface area contributed by atoms with Crippen molar-refractivity contribution in [3.8, 4) is 0 Å². The number of halogens is 1. The lowest BCUT2D eigenvalue weighted by Gasteiger charge is -2.30. The van der Waals surface area contributed by atoms with Crippen molar-refractivity contribution >= 4 is 15.5 Å². The van der Waals surface area contributed by atoms with Gasteiger partial charge in [-0.25, -0.2) is 12.8 Å². The molecule has 0 aromatic heterocycles. The fourth-order valence-electron chi connectivity index (χ4n) is 2.47. The van der Waals surface area contributed by atoms with E-state index in [4.69, 9.17) is 5.73 Å². The predicted molar refractivity (Wildman–Crippen MR) is 74.5 cm³/mol. The van der Waals surface area contributed by atoms with Crippen LogP contribution >= 0.6 is 0 Å². The Hall–Kier alpha value is -1.14. The molecule has 1 heterocycles. The maximum atomic E-state index is 13.9. The molecule has 0 saturated carbocycles. The summed E-state index contributed by atoms with van der Waals surface area (Å²) in [7, 11) is -2.98. The molecule has 0 bridgehead atoms. The molecule has 1 fully saturated rings. The van der Waals surface area contributed by atoms with Gasteiger partial charge in [-0.1, -0.05) is 12.1 Å². The van der Waals surface area contributed by atoms with Crippen LogP contribution in [-0.4, -0.2) is 39.1 Å². The zero-order valence-corrected chi connectivity index (χ0v) is 11.6. The van der Waals surface area contributed by atoms with Gasteiger partial charge in [0, 0.05) is 12.6 Å². The summed E-state index contributed by atoms with van der Waals surface area (Å²) in [6, 6.07) is 6.33. The SMILES string of the molecule is NCCCN(c1ccccc1F)C1CCS(=O)(=O)C1. The molecular formula is C13H19FN2O2S. The molecular weight excluding hydrogens is 267 g/mol. The maximum Gasteiger partial charge on any atom is 0.152 e. The second-order valence-corrected chi connectivity index (χ2v) is 7.07. The second-order valence-electron chi connectivity index (χ2n) is 4.84. The Morgan fingerprint density at radius 3 is 2.68 bits per heavy atom. The van der Waals surface area contributed by atoms with Crippen molar-refractivity contribution < 1.29 is 12.8 Å². The average Bonchev–Trinajstić information content (AvgIpc) is 2.72. The molecule has 1 aromatic carbocycles. The molecule has 19 heavy (non-hydrogen) atoms. The monoisotopic (exact) mass is 286 g/mol. The van der Waals surface area contributed by atoms with E-state index in [-0.39, 0.29) is 23.4 Å². The van der Waals surface area contributed by atoms with E-state index in [0.29, 0.717) is 31.6 Å². The molecule has 2 rings (SSSR count). The normalized spacial score (nSPS) is 21.5. The van der Waals surface area contributed by atoms with Gasteiger partial charge in [0.25, 0.3) is 0 Å². The Kier molecular flexibility index (Phi) is 4.42. The van der Waals surface area contributed by atoms with E-state index >= 15 is 0 Å². The second kappa shape index (κ2) is 5.88. The van der Waals surface area contributed by atoms with Gasteiger partial charge >= 0.3 is 0 Å². The van der Waals surface area contributed by atoms with Gasteiger partial charge < -0.3 is 10.6 Å². The Bertz CT molecular complexity index is 533. The molecule has 6 heteroatoms. The minimum Gasteiger partial charge on any atom is -0.365 e. The van der Waals surface area contributed by atoms with E-state index in [1.165, 1.54) is 6.07 Å². The van der Waals surface area contributed by atoms with Gasteiger partial charge in [0.2, 0.25) is 0 Å². The van der Waals surface area contributed by atoms with Crippen molar-refractivity contribution in [1.29, 1.82) is 0 Å². The fraction of sp³-hybridized carbons (Fsp3) is 0.538. The van der Waals surface area contributed by atoms with Crippen LogP contribution in [-0.2, 0) is 9.84 Å². The van der Waals surface area contributed by atoms with Crippen LogP contribution in [0.5, 0.6) is 0 Å². The van der Waals surface area contributed by atoms with E-state index in [1.807, 2.05) is 4.90 Å². The highest BCUT2D eigenvalue weighted by Gasteiger charge is 2.32. The third-order valence-corrected chi connectivity index (χ3v) is 5.16. The maximum absolute atomic E-state index is 13.9. The molecule has 1 atom stereocenters. The van der Waals surface area contributed by atoms with Crippen LogP contribution in [0.25, 0.3) is 0 Å². The van der Waals surface area contributed by atoms with Crippen LogP contribution in [0.2, 0.25) is 0 Å². The van der Waals surface area contributed by atoms with E-state index in [0.717, 1.165) is 0 Å². The van der Waals surface area contributed by atoms with Crippen LogP contribution < -0.4 is 10.6 Å². The van der Waals surface area contributed by atoms with Gasteiger partial charge in [-0.2, -0.15) is 0 Å². The van der Waals surface area contributed by atoms with E-state index < -0.39 is 9.84 Å². The summed E-state index contributed by atoms with van der Waals surface area (Å²) in [5, 5.41) is 0. The number of sulfone groups is 1. The first-order valence-corrected chi connectivity index (χ1v) is 8.27. The van der Waals surface area contributed by atoms with Gasteiger partial charge in [-0.15, -0.1) is 0 Å². The molecule has 106 valence electrons. The number of hydrogen-bond donors (Lipinski definition) is 1. The number of para-hydroxylation sites is 1. The number of nitrogens with two attached hydrogens (primary N) is 1. The first kappa shape index (κ1) is 14.3. The number of rotatable bonds is 5. The molecule has 1 aliphatic heterocycles. The predicted octanol–water partition coefficient (Wildman–Crippen LogP) is 1.17. The number of anilines is 1. The van der Waals surface area contributed by atoms with Crippen molar-refractivity contribution in [3.05, 3.63) is 30.1 Å². The highest BCUT2D eigenvalue weighted by atomic mass is 32.2. The minimum absolute atomic E-state index is 0.103. The van der Waals surface area contributed by atoms with Gasteiger partial charge in [0.15, 0.2) is 9.84 Å². The Morgan fingerprint density at radius 2 is 2.11 bits per heavy atom.